The number of carbonyl (C=O) groups excluding carboxylic acids is 3. The van der Waals surface area contributed by atoms with Gasteiger partial charge in [0.25, 0.3) is 0 Å². The van der Waals surface area contributed by atoms with Gasteiger partial charge in [0.1, 0.15) is 29.5 Å². The Labute approximate surface area is 270 Å². The fourth-order valence-corrected chi connectivity index (χ4v) is 6.54. The van der Waals surface area contributed by atoms with Crippen LogP contribution in [0.25, 0.3) is 10.8 Å². The third-order valence-corrected chi connectivity index (χ3v) is 9.13. The monoisotopic (exact) mass is 640 g/mol. The molecule has 2 N–H and O–H groups in total. The Kier molecular flexibility index (Phi) is 9.82. The number of hydrogen-bond acceptors (Lipinski definition) is 7. The molecule has 7 unspecified atom stereocenters. The lowest BCUT2D eigenvalue weighted by Gasteiger charge is -2.32. The summed E-state index contributed by atoms with van der Waals surface area (Å²) in [7, 11) is 1.55. The van der Waals surface area contributed by atoms with Gasteiger partial charge in [-0.15, -0.1) is 0 Å². The van der Waals surface area contributed by atoms with Crippen molar-refractivity contribution in [3.8, 4) is 11.6 Å². The minimum absolute atomic E-state index is 0.0342. The summed E-state index contributed by atoms with van der Waals surface area (Å²) < 4.78 is 17.4. The molecule has 1 saturated heterocycles. The van der Waals surface area contributed by atoms with E-state index in [0.29, 0.717) is 39.3 Å². The summed E-state index contributed by atoms with van der Waals surface area (Å²) in [5.74, 6) is 0.778. The van der Waals surface area contributed by atoms with E-state index in [9.17, 15) is 14.4 Å². The molecule has 3 aliphatic rings. The maximum atomic E-state index is 14.4. The van der Waals surface area contributed by atoms with Crippen LogP contribution in [0, 0.1) is 17.8 Å². The number of hydrogen-bond donors (Lipinski definition) is 2. The molecule has 0 bridgehead atoms. The molecule has 1 aromatic heterocycles. The number of nitrogens with zero attached hydrogens (tertiary/aromatic N) is 2. The summed E-state index contributed by atoms with van der Waals surface area (Å²) in [6, 6.07) is 3.81. The lowest BCUT2D eigenvalue weighted by molar-refractivity contribution is -0.141. The highest BCUT2D eigenvalue weighted by Gasteiger charge is 2.47. The van der Waals surface area contributed by atoms with Crippen LogP contribution in [0.3, 0.4) is 0 Å². The van der Waals surface area contributed by atoms with Gasteiger partial charge in [-0.25, -0.2) is 9.78 Å². The van der Waals surface area contributed by atoms with Gasteiger partial charge in [0.05, 0.1) is 24.9 Å². The van der Waals surface area contributed by atoms with E-state index in [0.717, 1.165) is 25.7 Å². The first-order valence-electron chi connectivity index (χ1n) is 15.9. The number of aromatic nitrogens is 1. The van der Waals surface area contributed by atoms with Gasteiger partial charge in [-0.05, 0) is 69.9 Å². The van der Waals surface area contributed by atoms with Crippen molar-refractivity contribution < 1.29 is 28.6 Å². The van der Waals surface area contributed by atoms with Crippen LogP contribution in [-0.4, -0.2) is 71.3 Å². The molecule has 1 aromatic carbocycles. The van der Waals surface area contributed by atoms with Crippen molar-refractivity contribution in [3.05, 3.63) is 41.6 Å². The maximum absolute atomic E-state index is 14.4. The molecule has 2 fully saturated rings. The van der Waals surface area contributed by atoms with Crippen LogP contribution < -0.4 is 20.1 Å². The van der Waals surface area contributed by atoms with Crippen molar-refractivity contribution in [2.75, 3.05) is 13.7 Å². The zero-order valence-electron chi connectivity index (χ0n) is 27.0. The average molecular weight is 641 g/mol. The maximum Gasteiger partial charge on any atom is 0.408 e. The molecule has 10 nitrogen and oxygen atoms in total. The smallest absolute Gasteiger partial charge is 0.408 e. The van der Waals surface area contributed by atoms with Gasteiger partial charge < -0.3 is 29.7 Å². The molecule has 5 rings (SSSR count). The number of halogens is 1. The second-order valence-electron chi connectivity index (χ2n) is 13.7. The minimum Gasteiger partial charge on any atom is -0.494 e. The zero-order chi connectivity index (χ0) is 32.5. The lowest BCUT2D eigenvalue weighted by atomic mass is 9.92. The first kappa shape index (κ1) is 32.9. The Morgan fingerprint density at radius 2 is 1.91 bits per heavy atom. The van der Waals surface area contributed by atoms with Gasteiger partial charge in [0.2, 0.25) is 17.7 Å². The summed E-state index contributed by atoms with van der Waals surface area (Å²) in [6.45, 7) is 9.63. The van der Waals surface area contributed by atoms with E-state index in [1.54, 1.807) is 45.0 Å². The van der Waals surface area contributed by atoms with Crippen molar-refractivity contribution in [1.29, 1.82) is 0 Å². The highest BCUT2D eigenvalue weighted by atomic mass is 35.5. The normalized spacial score (nSPS) is 29.1. The number of carbonyl (C=O) groups is 3. The number of pyridine rings is 1. The number of amides is 3. The van der Waals surface area contributed by atoms with E-state index in [1.165, 1.54) is 0 Å². The fourth-order valence-electron chi connectivity index (χ4n) is 6.28. The number of methoxy groups -OCH3 is 1. The van der Waals surface area contributed by atoms with E-state index in [4.69, 9.17) is 25.8 Å². The van der Waals surface area contributed by atoms with Crippen molar-refractivity contribution in [1.82, 2.24) is 20.5 Å². The Morgan fingerprint density at radius 1 is 1.13 bits per heavy atom. The van der Waals surface area contributed by atoms with Crippen molar-refractivity contribution in [2.24, 2.45) is 17.8 Å². The molecular weight excluding hydrogens is 596 g/mol. The van der Waals surface area contributed by atoms with Crippen molar-refractivity contribution in [3.63, 3.8) is 0 Å². The molecule has 2 aliphatic heterocycles. The van der Waals surface area contributed by atoms with E-state index < -0.39 is 29.9 Å². The van der Waals surface area contributed by atoms with Crippen LogP contribution in [0.1, 0.15) is 66.7 Å². The summed E-state index contributed by atoms with van der Waals surface area (Å²) in [4.78, 5) is 47.2. The Balaban J connectivity index is 1.45. The molecule has 1 saturated carbocycles. The number of benzene rings is 1. The molecule has 3 amide bonds. The first-order chi connectivity index (χ1) is 21.3. The van der Waals surface area contributed by atoms with E-state index >= 15 is 0 Å². The van der Waals surface area contributed by atoms with Crippen molar-refractivity contribution >= 4 is 40.3 Å². The van der Waals surface area contributed by atoms with E-state index in [-0.39, 0.29) is 36.7 Å². The standard InChI is InChI=1S/C34H45ClN4O6/c1-19-9-7-10-20(2)29(38-33(42)45-34(3,4)5)32(41)39-18-22(16-26(39)30(40)37-25-15-21(25)14-13-19)44-31-23-11-8-12-24(35)28(23)27(43-6)17-36-31/h8,11-14,17,19-22,25-26,29H,7,9-10,15-16,18H2,1-6H3,(H,37,40)(H,38,42). The van der Waals surface area contributed by atoms with Gasteiger partial charge in [0, 0.05) is 23.2 Å². The van der Waals surface area contributed by atoms with Crippen LogP contribution >= 0.6 is 11.6 Å². The van der Waals surface area contributed by atoms with Gasteiger partial charge in [-0.2, -0.15) is 0 Å². The molecular formula is C34H45ClN4O6. The molecule has 0 radical (unpaired) electrons. The summed E-state index contributed by atoms with van der Waals surface area (Å²) in [5, 5.41) is 7.85. The molecule has 244 valence electrons. The summed E-state index contributed by atoms with van der Waals surface area (Å²) in [6.07, 6.45) is 8.53. The SMILES string of the molecule is COc1cnc(OC2CC3C(=O)NC4CC4C=CC(C)CCCC(C)C(NC(=O)OC(C)(C)C)C(=O)N3C2)c2cccc(Cl)c12. The molecule has 1 aliphatic carbocycles. The highest BCUT2D eigenvalue weighted by molar-refractivity contribution is 6.36. The topological polar surface area (TPSA) is 119 Å². The number of rotatable bonds is 4. The number of alkyl carbamates (subject to hydrolysis) is 1. The van der Waals surface area contributed by atoms with E-state index in [1.807, 2.05) is 19.1 Å². The predicted molar refractivity (Wildman–Crippen MR) is 172 cm³/mol. The zero-order valence-corrected chi connectivity index (χ0v) is 27.7. The van der Waals surface area contributed by atoms with Crippen LogP contribution in [0.4, 0.5) is 4.79 Å². The largest absolute Gasteiger partial charge is 0.494 e. The summed E-state index contributed by atoms with van der Waals surface area (Å²) >= 11 is 6.51. The molecule has 2 aromatic rings. The van der Waals surface area contributed by atoms with Crippen LogP contribution in [-0.2, 0) is 14.3 Å². The van der Waals surface area contributed by atoms with Gasteiger partial charge in [0.15, 0.2) is 0 Å². The Hall–Kier alpha value is -3.53. The molecule has 0 spiro atoms. The fraction of sp³-hybridized carbons (Fsp3) is 0.588. The average Bonchev–Trinajstić information content (AvgIpc) is 3.57. The molecule has 11 heteroatoms. The molecule has 45 heavy (non-hydrogen) atoms. The van der Waals surface area contributed by atoms with Crippen molar-refractivity contribution in [2.45, 2.75) is 96.6 Å². The molecule has 3 heterocycles. The summed E-state index contributed by atoms with van der Waals surface area (Å²) in [5.41, 5.74) is -0.731. The van der Waals surface area contributed by atoms with Crippen LogP contribution in [0.5, 0.6) is 11.6 Å². The Bertz CT molecular complexity index is 1460. The first-order valence-corrected chi connectivity index (χ1v) is 16.3. The second kappa shape index (κ2) is 13.4. The predicted octanol–water partition coefficient (Wildman–Crippen LogP) is 5.66. The third kappa shape index (κ3) is 7.83. The number of fused-ring (bicyclic) bond motifs is 3. The number of allylic oxidation sites excluding steroid dienone is 1. The number of nitrogens with one attached hydrogen (secondary N) is 2. The second-order valence-corrected chi connectivity index (χ2v) is 14.1. The molecule has 7 atom stereocenters. The lowest BCUT2D eigenvalue weighted by Crippen LogP contribution is -2.56. The highest BCUT2D eigenvalue weighted by Crippen LogP contribution is 2.38. The van der Waals surface area contributed by atoms with Gasteiger partial charge in [-0.1, -0.05) is 50.1 Å². The number of ether oxygens (including phenoxy) is 3. The Morgan fingerprint density at radius 3 is 2.64 bits per heavy atom. The van der Waals surface area contributed by atoms with E-state index in [2.05, 4.69) is 34.7 Å². The van der Waals surface area contributed by atoms with Gasteiger partial charge >= 0.3 is 6.09 Å². The third-order valence-electron chi connectivity index (χ3n) is 8.82. The van der Waals surface area contributed by atoms with Crippen LogP contribution in [0.2, 0.25) is 5.02 Å². The quantitative estimate of drug-likeness (QED) is 0.414. The minimum atomic E-state index is -0.878. The van der Waals surface area contributed by atoms with Gasteiger partial charge in [-0.3, -0.25) is 9.59 Å². The van der Waals surface area contributed by atoms with Crippen LogP contribution in [0.15, 0.2) is 36.5 Å².